The summed E-state index contributed by atoms with van der Waals surface area (Å²) in [5.41, 5.74) is 1.44. The number of carbonyl (C=O) groups is 1. The van der Waals surface area contributed by atoms with E-state index in [1.807, 2.05) is 12.1 Å². The smallest absolute Gasteiger partial charge is 0.269 e. The molecule has 2 aromatic carbocycles. The number of aromatic amines is 1. The second-order valence-electron chi connectivity index (χ2n) is 5.54. The zero-order valence-electron chi connectivity index (χ0n) is 13.6. The highest BCUT2D eigenvalue weighted by Crippen LogP contribution is 2.24. The molecule has 2 N–H and O–H groups in total. The molecular formula is C18H13N3O3S2. The van der Waals surface area contributed by atoms with Crippen LogP contribution in [0.15, 0.2) is 53.3 Å². The van der Waals surface area contributed by atoms with E-state index in [0.29, 0.717) is 36.8 Å². The molecule has 0 saturated carbocycles. The number of nitrogens with zero attached hydrogens (tertiary/aromatic N) is 1. The molecule has 6 nitrogen and oxygen atoms in total. The van der Waals surface area contributed by atoms with Gasteiger partial charge in [-0.2, -0.15) is 0 Å². The lowest BCUT2D eigenvalue weighted by molar-refractivity contribution is 0.103. The Balaban J connectivity index is 1.82. The fourth-order valence-electron chi connectivity index (χ4n) is 2.76. The second kappa shape index (κ2) is 6.40. The van der Waals surface area contributed by atoms with Gasteiger partial charge in [0.15, 0.2) is 3.95 Å². The molecular weight excluding hydrogens is 370 g/mol. The van der Waals surface area contributed by atoms with E-state index in [-0.39, 0.29) is 11.5 Å². The van der Waals surface area contributed by atoms with Gasteiger partial charge in [0.1, 0.15) is 16.3 Å². The zero-order chi connectivity index (χ0) is 18.3. The lowest BCUT2D eigenvalue weighted by Crippen LogP contribution is -2.14. The minimum atomic E-state index is -0.334. The fraction of sp³-hybridized carbons (Fsp3) is 0.0556. The van der Waals surface area contributed by atoms with Crippen molar-refractivity contribution < 1.29 is 9.53 Å². The van der Waals surface area contributed by atoms with E-state index in [0.717, 1.165) is 11.3 Å². The molecule has 2 aromatic heterocycles. The first-order chi connectivity index (χ1) is 12.6. The zero-order valence-corrected chi connectivity index (χ0v) is 15.2. The van der Waals surface area contributed by atoms with Crippen LogP contribution in [0.1, 0.15) is 9.67 Å². The second-order valence-corrected chi connectivity index (χ2v) is 7.18. The van der Waals surface area contributed by atoms with Crippen LogP contribution in [-0.4, -0.2) is 22.4 Å². The number of rotatable bonds is 3. The summed E-state index contributed by atoms with van der Waals surface area (Å²) in [6.45, 7) is 0. The predicted molar refractivity (Wildman–Crippen MR) is 105 cm³/mol. The van der Waals surface area contributed by atoms with Gasteiger partial charge in [-0.05, 0) is 48.6 Å². The molecule has 0 saturated heterocycles. The van der Waals surface area contributed by atoms with Crippen molar-refractivity contribution >= 4 is 51.7 Å². The van der Waals surface area contributed by atoms with Crippen molar-refractivity contribution in [2.75, 3.05) is 12.4 Å². The number of H-pyrrole nitrogens is 1. The van der Waals surface area contributed by atoms with Gasteiger partial charge in [0.2, 0.25) is 0 Å². The van der Waals surface area contributed by atoms with Gasteiger partial charge in [-0.15, -0.1) is 0 Å². The van der Waals surface area contributed by atoms with Crippen LogP contribution in [0.4, 0.5) is 5.69 Å². The molecule has 4 aromatic rings. The van der Waals surface area contributed by atoms with Crippen molar-refractivity contribution in [1.29, 1.82) is 0 Å². The topological polar surface area (TPSA) is 75.6 Å². The molecule has 0 unspecified atom stereocenters. The molecule has 0 aliphatic heterocycles. The van der Waals surface area contributed by atoms with Crippen molar-refractivity contribution in [3.05, 3.63) is 67.7 Å². The van der Waals surface area contributed by atoms with Crippen LogP contribution in [-0.2, 0) is 0 Å². The molecule has 0 atom stereocenters. The number of amides is 1. The molecule has 8 heteroatoms. The largest absolute Gasteiger partial charge is 0.497 e. The number of thiazole rings is 1. The highest BCUT2D eigenvalue weighted by molar-refractivity contribution is 7.73. The normalized spacial score (nSPS) is 11.0. The third kappa shape index (κ3) is 2.69. The Morgan fingerprint density at radius 1 is 1.19 bits per heavy atom. The number of ether oxygens (including phenoxy) is 1. The number of para-hydroxylation sites is 1. The van der Waals surface area contributed by atoms with Crippen LogP contribution >= 0.6 is 23.6 Å². The van der Waals surface area contributed by atoms with Crippen LogP contribution in [0.25, 0.3) is 16.6 Å². The third-order valence-electron chi connectivity index (χ3n) is 3.99. The standard InChI is InChI=1S/C18H13N3O3S2/c1-24-11-8-6-10(7-9-11)19-17(23)14-15-20-16(22)12-4-2-3-5-13(12)21(15)18(25)26-14/h2-9H,1H3,(H,19,23)(H,20,22). The highest BCUT2D eigenvalue weighted by atomic mass is 32.1. The first kappa shape index (κ1) is 16.5. The maximum Gasteiger partial charge on any atom is 0.269 e. The highest BCUT2D eigenvalue weighted by Gasteiger charge is 2.18. The molecule has 0 aliphatic carbocycles. The van der Waals surface area contributed by atoms with Gasteiger partial charge in [0.05, 0.1) is 18.0 Å². The summed E-state index contributed by atoms with van der Waals surface area (Å²) < 4.78 is 7.32. The SMILES string of the molecule is COc1ccc(NC(=O)c2sc(=S)n3c2[nH]c(=O)c2ccccc23)cc1. The Morgan fingerprint density at radius 2 is 1.92 bits per heavy atom. The monoisotopic (exact) mass is 383 g/mol. The van der Waals surface area contributed by atoms with E-state index in [2.05, 4.69) is 10.3 Å². The summed E-state index contributed by atoms with van der Waals surface area (Å²) in [6, 6.07) is 14.2. The molecule has 26 heavy (non-hydrogen) atoms. The molecule has 0 fully saturated rings. The first-order valence-electron chi connectivity index (χ1n) is 7.70. The van der Waals surface area contributed by atoms with Gasteiger partial charge in [-0.25, -0.2) is 0 Å². The van der Waals surface area contributed by atoms with Crippen molar-refractivity contribution in [2.24, 2.45) is 0 Å². The third-order valence-corrected chi connectivity index (χ3v) is 5.36. The Hall–Kier alpha value is -2.97. The van der Waals surface area contributed by atoms with Gasteiger partial charge in [-0.3, -0.25) is 14.0 Å². The minimum Gasteiger partial charge on any atom is -0.497 e. The predicted octanol–water partition coefficient (Wildman–Crippen LogP) is 3.83. The molecule has 0 radical (unpaired) electrons. The van der Waals surface area contributed by atoms with Crippen LogP contribution < -0.4 is 15.6 Å². The maximum absolute atomic E-state index is 12.7. The molecule has 1 amide bonds. The van der Waals surface area contributed by atoms with E-state index in [9.17, 15) is 9.59 Å². The number of hydrogen-bond donors (Lipinski definition) is 2. The number of hydrogen-bond acceptors (Lipinski definition) is 5. The molecule has 0 aliphatic rings. The van der Waals surface area contributed by atoms with E-state index in [1.165, 1.54) is 0 Å². The molecule has 2 heterocycles. The van der Waals surface area contributed by atoms with Crippen molar-refractivity contribution in [3.8, 4) is 5.75 Å². The lowest BCUT2D eigenvalue weighted by Gasteiger charge is -2.06. The van der Waals surface area contributed by atoms with E-state index >= 15 is 0 Å². The Labute approximate surface area is 156 Å². The average Bonchev–Trinajstić information content (AvgIpc) is 2.99. The van der Waals surface area contributed by atoms with Crippen molar-refractivity contribution in [1.82, 2.24) is 9.38 Å². The number of benzene rings is 2. The van der Waals surface area contributed by atoms with E-state index in [4.69, 9.17) is 17.0 Å². The van der Waals surface area contributed by atoms with Gasteiger partial charge < -0.3 is 15.0 Å². The summed E-state index contributed by atoms with van der Waals surface area (Å²) in [4.78, 5) is 28.2. The summed E-state index contributed by atoms with van der Waals surface area (Å²) in [5, 5.41) is 3.34. The summed E-state index contributed by atoms with van der Waals surface area (Å²) in [7, 11) is 1.58. The van der Waals surface area contributed by atoms with Crippen LogP contribution in [0.5, 0.6) is 5.75 Å². The summed E-state index contributed by atoms with van der Waals surface area (Å²) >= 11 is 6.58. The maximum atomic E-state index is 12.7. The molecule has 130 valence electrons. The number of aromatic nitrogens is 2. The minimum absolute atomic E-state index is 0.258. The van der Waals surface area contributed by atoms with Crippen molar-refractivity contribution in [3.63, 3.8) is 0 Å². The summed E-state index contributed by atoms with van der Waals surface area (Å²) in [5.74, 6) is 0.364. The fourth-order valence-corrected chi connectivity index (χ4v) is 4.04. The Morgan fingerprint density at radius 3 is 2.65 bits per heavy atom. The van der Waals surface area contributed by atoms with E-state index < -0.39 is 0 Å². The molecule has 0 spiro atoms. The lowest BCUT2D eigenvalue weighted by atomic mass is 10.2. The number of methoxy groups -OCH3 is 1. The van der Waals surface area contributed by atoms with Gasteiger partial charge in [0, 0.05) is 5.69 Å². The van der Waals surface area contributed by atoms with Crippen LogP contribution in [0.3, 0.4) is 0 Å². The van der Waals surface area contributed by atoms with Crippen LogP contribution in [0, 0.1) is 3.95 Å². The number of nitrogens with one attached hydrogen (secondary N) is 2. The first-order valence-corrected chi connectivity index (χ1v) is 8.93. The number of carbonyl (C=O) groups excluding carboxylic acids is 1. The Bertz CT molecular complexity index is 1250. The Kier molecular flexibility index (Phi) is 4.06. The van der Waals surface area contributed by atoms with Gasteiger partial charge in [-0.1, -0.05) is 23.5 Å². The van der Waals surface area contributed by atoms with Gasteiger partial charge >= 0.3 is 0 Å². The van der Waals surface area contributed by atoms with Crippen LogP contribution in [0.2, 0.25) is 0 Å². The number of anilines is 1. The van der Waals surface area contributed by atoms with E-state index in [1.54, 1.807) is 47.9 Å². The number of fused-ring (bicyclic) bond motifs is 3. The average molecular weight is 383 g/mol. The quantitative estimate of drug-likeness (QED) is 0.527. The van der Waals surface area contributed by atoms with Crippen molar-refractivity contribution in [2.45, 2.75) is 0 Å². The summed E-state index contributed by atoms with van der Waals surface area (Å²) in [6.07, 6.45) is 0. The molecule has 0 bridgehead atoms. The van der Waals surface area contributed by atoms with Gasteiger partial charge in [0.25, 0.3) is 11.5 Å². The molecule has 4 rings (SSSR count).